The second-order valence-corrected chi connectivity index (χ2v) is 9.41. The van der Waals surface area contributed by atoms with Crippen molar-refractivity contribution in [3.05, 3.63) is 64.6 Å². The van der Waals surface area contributed by atoms with Crippen LogP contribution in [-0.4, -0.2) is 78.8 Å². The minimum Gasteiger partial charge on any atom is -0.479 e. The van der Waals surface area contributed by atoms with Crippen LogP contribution in [0.4, 0.5) is 5.69 Å². The third-order valence-electron chi connectivity index (χ3n) is 5.73. The molecule has 0 N–H and O–H groups in total. The van der Waals surface area contributed by atoms with Crippen LogP contribution in [0.2, 0.25) is 0 Å². The summed E-state index contributed by atoms with van der Waals surface area (Å²) in [5.41, 5.74) is 1.95. The molecule has 10 heteroatoms. The van der Waals surface area contributed by atoms with E-state index in [1.54, 1.807) is 68.3 Å². The number of morpholine rings is 1. The number of carbonyl (C=O) groups is 3. The van der Waals surface area contributed by atoms with Crippen molar-refractivity contribution in [2.45, 2.75) is 20.0 Å². The van der Waals surface area contributed by atoms with Gasteiger partial charge in [0, 0.05) is 25.7 Å². The molecule has 2 amide bonds. The highest BCUT2D eigenvalue weighted by Gasteiger charge is 2.30. The number of carbonyl (C=O) groups excluding carboxylic acids is 3. The van der Waals surface area contributed by atoms with Gasteiger partial charge < -0.3 is 19.1 Å². The monoisotopic (exact) mass is 523 g/mol. The summed E-state index contributed by atoms with van der Waals surface area (Å²) < 4.78 is 15.9. The first-order chi connectivity index (χ1) is 17.9. The number of likely N-dealkylation sites (N-methyl/N-ethyl adjacent to an activating group) is 1. The van der Waals surface area contributed by atoms with E-state index in [1.807, 2.05) is 12.1 Å². The van der Waals surface area contributed by atoms with E-state index in [1.165, 1.54) is 16.7 Å². The van der Waals surface area contributed by atoms with Crippen molar-refractivity contribution in [3.63, 3.8) is 0 Å². The van der Waals surface area contributed by atoms with Gasteiger partial charge in [-0.25, -0.2) is 9.79 Å². The van der Waals surface area contributed by atoms with Crippen LogP contribution in [-0.2, 0) is 19.1 Å². The molecule has 0 radical (unpaired) electrons. The molecule has 0 spiro atoms. The molecule has 2 aliphatic heterocycles. The Labute approximate surface area is 220 Å². The van der Waals surface area contributed by atoms with Crippen LogP contribution >= 0.6 is 11.8 Å². The van der Waals surface area contributed by atoms with E-state index in [0.717, 1.165) is 5.56 Å². The maximum atomic E-state index is 12.8. The maximum Gasteiger partial charge on any atom is 0.347 e. The molecular weight excluding hydrogens is 494 g/mol. The minimum absolute atomic E-state index is 0.0569. The molecule has 2 aliphatic rings. The van der Waals surface area contributed by atoms with Gasteiger partial charge in [-0.2, -0.15) is 0 Å². The number of benzene rings is 2. The number of amidine groups is 1. The lowest BCUT2D eigenvalue weighted by Crippen LogP contribution is -2.40. The van der Waals surface area contributed by atoms with Crippen LogP contribution < -0.4 is 4.74 Å². The molecule has 37 heavy (non-hydrogen) atoms. The van der Waals surface area contributed by atoms with Crippen LogP contribution in [0, 0.1) is 0 Å². The van der Waals surface area contributed by atoms with Crippen LogP contribution in [0.3, 0.4) is 0 Å². The Morgan fingerprint density at radius 3 is 2.59 bits per heavy atom. The quantitative estimate of drug-likeness (QED) is 0.403. The third kappa shape index (κ3) is 6.58. The minimum atomic E-state index is -0.716. The number of hydrogen-bond acceptors (Lipinski definition) is 8. The van der Waals surface area contributed by atoms with Crippen molar-refractivity contribution in [1.29, 1.82) is 0 Å². The zero-order chi connectivity index (χ0) is 26.4. The van der Waals surface area contributed by atoms with E-state index in [4.69, 9.17) is 14.2 Å². The summed E-state index contributed by atoms with van der Waals surface area (Å²) in [6, 6.07) is 14.2. The zero-order valence-corrected chi connectivity index (χ0v) is 21.8. The van der Waals surface area contributed by atoms with Crippen molar-refractivity contribution in [1.82, 2.24) is 9.80 Å². The molecular formula is C27H29N3O6S. The first kappa shape index (κ1) is 26.4. The average molecular weight is 524 g/mol. The van der Waals surface area contributed by atoms with Crippen LogP contribution in [0.1, 0.15) is 29.8 Å². The lowest BCUT2D eigenvalue weighted by atomic mass is 10.1. The molecule has 2 aromatic carbocycles. The summed E-state index contributed by atoms with van der Waals surface area (Å²) in [6.07, 6.45) is 1.06. The van der Waals surface area contributed by atoms with Crippen molar-refractivity contribution in [3.8, 4) is 5.75 Å². The molecule has 1 atom stereocenters. The predicted octanol–water partition coefficient (Wildman–Crippen LogP) is 3.72. The Morgan fingerprint density at radius 1 is 1.16 bits per heavy atom. The number of ether oxygens (including phenoxy) is 3. The molecule has 0 aliphatic carbocycles. The Kier molecular flexibility index (Phi) is 8.62. The fraction of sp³-hybridized carbons (Fsp3) is 0.333. The fourth-order valence-electron chi connectivity index (χ4n) is 3.73. The Hall–Kier alpha value is -3.63. The number of esters is 1. The molecule has 0 aromatic heterocycles. The fourth-order valence-corrected chi connectivity index (χ4v) is 4.71. The maximum absolute atomic E-state index is 12.8. The first-order valence-electron chi connectivity index (χ1n) is 12.0. The summed E-state index contributed by atoms with van der Waals surface area (Å²) in [6.45, 7) is 5.87. The van der Waals surface area contributed by atoms with E-state index in [9.17, 15) is 14.4 Å². The molecule has 2 aromatic rings. The largest absolute Gasteiger partial charge is 0.479 e. The first-order valence-corrected chi connectivity index (χ1v) is 12.8. The smallest absolute Gasteiger partial charge is 0.347 e. The van der Waals surface area contributed by atoms with Crippen LogP contribution in [0.15, 0.2) is 58.4 Å². The van der Waals surface area contributed by atoms with E-state index in [0.29, 0.717) is 60.0 Å². The van der Waals surface area contributed by atoms with Gasteiger partial charge in [-0.3, -0.25) is 14.5 Å². The second-order valence-electron chi connectivity index (χ2n) is 8.41. The number of hydrogen-bond donors (Lipinski definition) is 0. The number of aliphatic imine (C=N–C) groups is 1. The van der Waals surface area contributed by atoms with Crippen molar-refractivity contribution < 1.29 is 28.6 Å². The molecule has 9 nitrogen and oxygen atoms in total. The molecule has 2 heterocycles. The molecule has 0 unspecified atom stereocenters. The number of rotatable bonds is 7. The molecule has 2 fully saturated rings. The summed E-state index contributed by atoms with van der Waals surface area (Å²) in [4.78, 5) is 45.8. The third-order valence-corrected chi connectivity index (χ3v) is 6.79. The summed E-state index contributed by atoms with van der Waals surface area (Å²) in [5, 5.41) is 0.524. The topological polar surface area (TPSA) is 97.7 Å². The summed E-state index contributed by atoms with van der Waals surface area (Å²) >= 11 is 1.27. The van der Waals surface area contributed by atoms with Crippen molar-refractivity contribution in [2.75, 3.05) is 40.0 Å². The van der Waals surface area contributed by atoms with Crippen molar-refractivity contribution >= 4 is 46.5 Å². The second kappa shape index (κ2) is 12.1. The molecule has 4 rings (SSSR count). The summed E-state index contributed by atoms with van der Waals surface area (Å²) in [7, 11) is 1.67. The molecule has 2 saturated heterocycles. The van der Waals surface area contributed by atoms with E-state index >= 15 is 0 Å². The van der Waals surface area contributed by atoms with Gasteiger partial charge in [0.05, 0.1) is 30.4 Å². The highest BCUT2D eigenvalue weighted by molar-refractivity contribution is 8.18. The van der Waals surface area contributed by atoms with Gasteiger partial charge in [0.25, 0.3) is 11.8 Å². The SMILES string of the molecule is CCOC(=O)[C@H](C)Oc1ccc(/C=C2/SC(=Nc3cccc(C(=O)N4CCOCC4)c3)N(C)C2=O)cc1. The van der Waals surface area contributed by atoms with E-state index < -0.39 is 12.1 Å². The van der Waals surface area contributed by atoms with Gasteiger partial charge in [0.15, 0.2) is 11.3 Å². The van der Waals surface area contributed by atoms with Crippen LogP contribution in [0.5, 0.6) is 5.75 Å². The van der Waals surface area contributed by atoms with Gasteiger partial charge in [0.1, 0.15) is 5.75 Å². The lowest BCUT2D eigenvalue weighted by molar-refractivity contribution is -0.150. The highest BCUT2D eigenvalue weighted by Crippen LogP contribution is 2.33. The summed E-state index contributed by atoms with van der Waals surface area (Å²) in [5.74, 6) is -0.120. The number of amides is 2. The highest BCUT2D eigenvalue weighted by atomic mass is 32.2. The Morgan fingerprint density at radius 2 is 1.89 bits per heavy atom. The standard InChI is InChI=1S/C27H29N3O6S/c1-4-35-26(33)18(2)36-22-10-8-19(9-11-22)16-23-25(32)29(3)27(37-23)28-21-7-5-6-20(17-21)24(31)30-12-14-34-15-13-30/h5-11,16-18H,4,12-15H2,1-3H3/b23-16+,28-27?/t18-/m0/s1. The van der Waals surface area contributed by atoms with Gasteiger partial charge in [-0.05, 0) is 67.6 Å². The van der Waals surface area contributed by atoms with Gasteiger partial charge in [0.2, 0.25) is 0 Å². The van der Waals surface area contributed by atoms with Gasteiger partial charge in [-0.1, -0.05) is 18.2 Å². The molecule has 0 bridgehead atoms. The normalized spacial score (nSPS) is 18.8. The molecule has 0 saturated carbocycles. The van der Waals surface area contributed by atoms with Crippen LogP contribution in [0.25, 0.3) is 6.08 Å². The average Bonchev–Trinajstić information content (AvgIpc) is 3.17. The Bertz CT molecular complexity index is 1220. The van der Waals surface area contributed by atoms with Crippen molar-refractivity contribution in [2.24, 2.45) is 4.99 Å². The Balaban J connectivity index is 1.45. The van der Waals surface area contributed by atoms with E-state index in [2.05, 4.69) is 4.99 Å². The number of thioether (sulfide) groups is 1. The zero-order valence-electron chi connectivity index (χ0n) is 21.0. The van der Waals surface area contributed by atoms with Gasteiger partial charge >= 0.3 is 5.97 Å². The molecule has 194 valence electrons. The lowest BCUT2D eigenvalue weighted by Gasteiger charge is -2.26. The predicted molar refractivity (Wildman–Crippen MR) is 142 cm³/mol. The number of nitrogens with zero attached hydrogens (tertiary/aromatic N) is 3. The van der Waals surface area contributed by atoms with Gasteiger partial charge in [-0.15, -0.1) is 0 Å². The van der Waals surface area contributed by atoms with E-state index in [-0.39, 0.29) is 11.8 Å².